The summed E-state index contributed by atoms with van der Waals surface area (Å²) in [6, 6.07) is 9.22. The second kappa shape index (κ2) is 5.77. The zero-order chi connectivity index (χ0) is 15.7. The van der Waals surface area contributed by atoms with Gasteiger partial charge in [-0.15, -0.1) is 0 Å². The van der Waals surface area contributed by atoms with Crippen molar-refractivity contribution in [1.29, 1.82) is 0 Å². The average Bonchev–Trinajstić information content (AvgIpc) is 2.87. The van der Waals surface area contributed by atoms with E-state index in [-0.39, 0.29) is 12.3 Å². The largest absolute Gasteiger partial charge is 0.349 e. The highest BCUT2D eigenvalue weighted by atomic mass is 35.5. The molecule has 0 aliphatic rings. The van der Waals surface area contributed by atoms with Gasteiger partial charge in [-0.25, -0.2) is 9.50 Å². The molecule has 0 saturated carbocycles. The smallest absolute Gasteiger partial charge is 0.226 e. The molecule has 0 aliphatic carbocycles. The summed E-state index contributed by atoms with van der Waals surface area (Å²) in [6.45, 7) is 0. The van der Waals surface area contributed by atoms with Gasteiger partial charge < -0.3 is 4.90 Å². The average molecular weight is 315 g/mol. The number of rotatable bonds is 3. The Bertz CT molecular complexity index is 824. The lowest BCUT2D eigenvalue weighted by molar-refractivity contribution is -0.127. The Morgan fingerprint density at radius 1 is 1.27 bits per heavy atom. The molecule has 0 unspecified atom stereocenters. The lowest BCUT2D eigenvalue weighted by atomic mass is 10.1. The summed E-state index contributed by atoms with van der Waals surface area (Å²) < 4.78 is 1.70. The van der Waals surface area contributed by atoms with Crippen LogP contribution in [-0.2, 0) is 11.2 Å². The molecule has 3 rings (SSSR count). The second-order valence-electron chi connectivity index (χ2n) is 5.19. The Morgan fingerprint density at radius 3 is 2.68 bits per heavy atom. The van der Waals surface area contributed by atoms with Crippen molar-refractivity contribution in [2.75, 3.05) is 14.1 Å². The molecule has 0 aliphatic heterocycles. The van der Waals surface area contributed by atoms with Crippen molar-refractivity contribution >= 4 is 23.2 Å². The van der Waals surface area contributed by atoms with E-state index in [2.05, 4.69) is 10.1 Å². The number of fused-ring (bicyclic) bond motifs is 1. The van der Waals surface area contributed by atoms with E-state index in [0.29, 0.717) is 10.7 Å². The second-order valence-corrected chi connectivity index (χ2v) is 5.62. The Kier molecular flexibility index (Phi) is 3.81. The summed E-state index contributed by atoms with van der Waals surface area (Å²) in [6.07, 6.45) is 3.78. The fraction of sp³-hybridized carbons (Fsp3) is 0.188. The van der Waals surface area contributed by atoms with Crippen LogP contribution in [0.15, 0.2) is 42.7 Å². The molecule has 1 amide bonds. The lowest BCUT2D eigenvalue weighted by Gasteiger charge is -2.10. The van der Waals surface area contributed by atoms with E-state index in [9.17, 15) is 4.79 Å². The standard InChI is InChI=1S/C16H15ClN4O/c1-20(2)14(22)10-13-15(11-4-6-12(17)7-5-11)19-21-9-3-8-18-16(13)21/h3-9H,10H2,1-2H3. The number of halogens is 1. The molecule has 22 heavy (non-hydrogen) atoms. The zero-order valence-corrected chi connectivity index (χ0v) is 13.1. The van der Waals surface area contributed by atoms with Crippen LogP contribution in [0.3, 0.4) is 0 Å². The third kappa shape index (κ3) is 2.67. The molecule has 3 aromatic rings. The van der Waals surface area contributed by atoms with Gasteiger partial charge in [0.05, 0.1) is 12.1 Å². The van der Waals surface area contributed by atoms with Gasteiger partial charge in [-0.05, 0) is 18.2 Å². The van der Waals surface area contributed by atoms with Crippen molar-refractivity contribution in [2.24, 2.45) is 0 Å². The van der Waals surface area contributed by atoms with Crippen LogP contribution in [0, 0.1) is 0 Å². The molecule has 0 atom stereocenters. The third-order valence-corrected chi connectivity index (χ3v) is 3.69. The normalized spacial score (nSPS) is 10.9. The van der Waals surface area contributed by atoms with Gasteiger partial charge in [-0.3, -0.25) is 4.79 Å². The van der Waals surface area contributed by atoms with Gasteiger partial charge in [-0.2, -0.15) is 5.10 Å². The quantitative estimate of drug-likeness (QED) is 0.747. The highest BCUT2D eigenvalue weighted by Crippen LogP contribution is 2.27. The van der Waals surface area contributed by atoms with Gasteiger partial charge in [0, 0.05) is 42.6 Å². The van der Waals surface area contributed by atoms with Crippen molar-refractivity contribution < 1.29 is 4.79 Å². The number of hydrogen-bond acceptors (Lipinski definition) is 3. The van der Waals surface area contributed by atoms with Crippen LogP contribution in [0.2, 0.25) is 5.02 Å². The van der Waals surface area contributed by atoms with Crippen LogP contribution in [0.1, 0.15) is 5.56 Å². The molecule has 0 fully saturated rings. The molecule has 2 aromatic heterocycles. The molecule has 1 aromatic carbocycles. The predicted molar refractivity (Wildman–Crippen MR) is 85.8 cm³/mol. The van der Waals surface area contributed by atoms with Gasteiger partial charge in [-0.1, -0.05) is 23.7 Å². The Labute approximate surface area is 133 Å². The fourth-order valence-electron chi connectivity index (χ4n) is 2.25. The van der Waals surface area contributed by atoms with E-state index in [1.807, 2.05) is 36.5 Å². The topological polar surface area (TPSA) is 50.5 Å². The molecule has 112 valence electrons. The Morgan fingerprint density at radius 2 is 2.00 bits per heavy atom. The van der Waals surface area contributed by atoms with Gasteiger partial charge in [0.25, 0.3) is 0 Å². The predicted octanol–water partition coefficient (Wildman–Crippen LogP) is 2.68. The first-order valence-corrected chi connectivity index (χ1v) is 7.22. The van der Waals surface area contributed by atoms with Crippen molar-refractivity contribution in [3.8, 4) is 11.3 Å². The third-order valence-electron chi connectivity index (χ3n) is 3.44. The molecular weight excluding hydrogens is 300 g/mol. The first-order chi connectivity index (χ1) is 10.6. The maximum Gasteiger partial charge on any atom is 0.226 e. The Hall–Kier alpha value is -2.40. The highest BCUT2D eigenvalue weighted by molar-refractivity contribution is 6.30. The minimum atomic E-state index is 0.00997. The van der Waals surface area contributed by atoms with Gasteiger partial charge in [0.15, 0.2) is 5.65 Å². The van der Waals surface area contributed by atoms with Crippen LogP contribution < -0.4 is 0 Å². The summed E-state index contributed by atoms with van der Waals surface area (Å²) in [5, 5.41) is 5.23. The molecule has 0 spiro atoms. The number of likely N-dealkylation sites (N-methyl/N-ethyl adjacent to an activating group) is 1. The summed E-state index contributed by atoms with van der Waals surface area (Å²) in [7, 11) is 3.48. The van der Waals surface area contributed by atoms with Crippen molar-refractivity contribution in [1.82, 2.24) is 19.5 Å². The van der Waals surface area contributed by atoms with E-state index in [0.717, 1.165) is 16.8 Å². The van der Waals surface area contributed by atoms with Gasteiger partial charge >= 0.3 is 0 Å². The van der Waals surface area contributed by atoms with Crippen molar-refractivity contribution in [3.05, 3.63) is 53.3 Å². The molecule has 2 heterocycles. The minimum absolute atomic E-state index is 0.00997. The number of amides is 1. The minimum Gasteiger partial charge on any atom is -0.349 e. The van der Waals surface area contributed by atoms with Crippen molar-refractivity contribution in [2.45, 2.75) is 6.42 Å². The number of nitrogens with zero attached hydrogens (tertiary/aromatic N) is 4. The fourth-order valence-corrected chi connectivity index (χ4v) is 2.37. The number of carbonyl (C=O) groups is 1. The van der Waals surface area contributed by atoms with Crippen LogP contribution in [-0.4, -0.2) is 39.5 Å². The Balaban J connectivity index is 2.16. The SMILES string of the molecule is CN(C)C(=O)Cc1c(-c2ccc(Cl)cc2)nn2cccnc12. The number of carbonyl (C=O) groups excluding carboxylic acids is 1. The van der Waals surface area contributed by atoms with Crippen LogP contribution in [0.4, 0.5) is 0 Å². The van der Waals surface area contributed by atoms with Gasteiger partial charge in [0.1, 0.15) is 0 Å². The van der Waals surface area contributed by atoms with E-state index in [4.69, 9.17) is 11.6 Å². The summed E-state index contributed by atoms with van der Waals surface area (Å²) >= 11 is 5.94. The monoisotopic (exact) mass is 314 g/mol. The summed E-state index contributed by atoms with van der Waals surface area (Å²) in [5.74, 6) is 0.00997. The van der Waals surface area contributed by atoms with Gasteiger partial charge in [0.2, 0.25) is 5.91 Å². The van der Waals surface area contributed by atoms with E-state index >= 15 is 0 Å². The van der Waals surface area contributed by atoms with Crippen LogP contribution in [0.25, 0.3) is 16.9 Å². The van der Waals surface area contributed by atoms with E-state index in [1.165, 1.54) is 0 Å². The lowest BCUT2D eigenvalue weighted by Crippen LogP contribution is -2.23. The number of benzene rings is 1. The molecule has 0 N–H and O–H groups in total. The van der Waals surface area contributed by atoms with E-state index < -0.39 is 0 Å². The van der Waals surface area contributed by atoms with Crippen LogP contribution >= 0.6 is 11.6 Å². The zero-order valence-electron chi connectivity index (χ0n) is 12.3. The van der Waals surface area contributed by atoms with Crippen molar-refractivity contribution in [3.63, 3.8) is 0 Å². The van der Waals surface area contributed by atoms with E-state index in [1.54, 1.807) is 29.7 Å². The first kappa shape index (κ1) is 14.5. The number of aromatic nitrogens is 3. The molecular formula is C16H15ClN4O. The molecule has 0 saturated heterocycles. The summed E-state index contributed by atoms with van der Waals surface area (Å²) in [5.41, 5.74) is 3.19. The first-order valence-electron chi connectivity index (χ1n) is 6.84. The molecule has 0 bridgehead atoms. The van der Waals surface area contributed by atoms with Crippen LogP contribution in [0.5, 0.6) is 0 Å². The molecule has 6 heteroatoms. The maximum atomic E-state index is 12.1. The molecule has 5 nitrogen and oxygen atoms in total. The summed E-state index contributed by atoms with van der Waals surface area (Å²) in [4.78, 5) is 18.1. The maximum absolute atomic E-state index is 12.1. The number of hydrogen-bond donors (Lipinski definition) is 0. The highest BCUT2D eigenvalue weighted by Gasteiger charge is 2.19. The molecule has 0 radical (unpaired) electrons.